The van der Waals surface area contributed by atoms with E-state index in [0.717, 1.165) is 72.3 Å². The van der Waals surface area contributed by atoms with Crippen molar-refractivity contribution in [1.82, 2.24) is 0 Å². The monoisotopic (exact) mass is 909 g/mol. The highest BCUT2D eigenvalue weighted by Gasteiger charge is 2.53. The molecule has 8 bridgehead atoms. The Hall–Kier alpha value is -3.82. The Labute approximate surface area is 388 Å². The molecule has 356 valence electrons. The van der Waals surface area contributed by atoms with Gasteiger partial charge in [-0.15, -0.1) is 0 Å². The molecule has 2 aromatic rings. The zero-order valence-corrected chi connectivity index (χ0v) is 39.0. The molecule has 0 spiro atoms. The van der Waals surface area contributed by atoms with Gasteiger partial charge in [-0.05, 0) is 211 Å². The number of ether oxygens (including phenoxy) is 2. The van der Waals surface area contributed by atoms with Crippen LogP contribution in [0.1, 0.15) is 186 Å². The summed E-state index contributed by atoms with van der Waals surface area (Å²) in [4.78, 5) is 50.1. The van der Waals surface area contributed by atoms with E-state index in [2.05, 4.69) is 0 Å². The minimum absolute atomic E-state index is 0.0596. The van der Waals surface area contributed by atoms with Crippen molar-refractivity contribution in [2.75, 3.05) is 13.2 Å². The molecule has 2 aromatic carbocycles. The van der Waals surface area contributed by atoms with Crippen molar-refractivity contribution < 1.29 is 47.6 Å². The molecule has 0 aliphatic heterocycles. The largest absolute Gasteiger partial charge is 0.493 e. The zero-order valence-electron chi connectivity index (χ0n) is 39.0. The Kier molecular flexibility index (Phi) is 11.5. The number of Topliss-reactive ketones (excluding diaryl/α,β-unsaturated/α-hetero) is 2. The van der Waals surface area contributed by atoms with E-state index >= 15 is 8.78 Å². The molecule has 12 fully saturated rings. The lowest BCUT2D eigenvalue weighted by molar-refractivity contribution is -0.144. The van der Waals surface area contributed by atoms with Gasteiger partial charge in [0, 0.05) is 34.8 Å². The van der Waals surface area contributed by atoms with Crippen LogP contribution in [-0.4, -0.2) is 46.9 Å². The highest BCUT2D eigenvalue weighted by atomic mass is 19.1. The van der Waals surface area contributed by atoms with E-state index in [1.807, 2.05) is 13.8 Å². The predicted molar refractivity (Wildman–Crippen MR) is 244 cm³/mol. The van der Waals surface area contributed by atoms with E-state index in [4.69, 9.17) is 9.47 Å². The van der Waals surface area contributed by atoms with E-state index in [0.29, 0.717) is 62.2 Å². The fourth-order valence-corrected chi connectivity index (χ4v) is 16.8. The first kappa shape index (κ1) is 44.7. The van der Waals surface area contributed by atoms with E-state index in [1.54, 1.807) is 12.1 Å². The molecule has 2 N–H and O–H groups in total. The van der Waals surface area contributed by atoms with Gasteiger partial charge < -0.3 is 19.7 Å². The van der Waals surface area contributed by atoms with Crippen LogP contribution >= 0.6 is 0 Å². The van der Waals surface area contributed by atoms with E-state index in [9.17, 15) is 29.4 Å². The molecule has 12 saturated carbocycles. The Morgan fingerprint density at radius 3 is 1.12 bits per heavy atom. The number of hydrogen-bond donors (Lipinski definition) is 2. The van der Waals surface area contributed by atoms with Crippen LogP contribution in [0.25, 0.3) is 0 Å². The fourth-order valence-electron chi connectivity index (χ4n) is 16.8. The van der Waals surface area contributed by atoms with Crippen LogP contribution in [0.2, 0.25) is 0 Å². The van der Waals surface area contributed by atoms with Gasteiger partial charge in [0.1, 0.15) is 23.1 Å². The molecule has 0 saturated heterocycles. The standard InChI is InChI=1S/2C28H35FO4/c2*1-15-2-5-20(25(15)27(31)32)26(30)22-9-21(19-3-4-19)24(10-23(22)29)33-14-28-11-16-6-17(12-28)8-18(7-16)13-28/h2*9-10,15-20,25H,2-8,11-14H2,1H3,(H,31,32)/t2*15-,16?,17?,18?,20+,25+,28?/m10/s1. The molecule has 0 radical (unpaired) electrons. The Morgan fingerprint density at radius 2 is 0.833 bits per heavy atom. The van der Waals surface area contributed by atoms with E-state index in [-0.39, 0.29) is 45.4 Å². The maximum Gasteiger partial charge on any atom is 0.307 e. The third kappa shape index (κ3) is 8.42. The predicted octanol–water partition coefficient (Wildman–Crippen LogP) is 12.5. The van der Waals surface area contributed by atoms with Crippen molar-refractivity contribution in [3.63, 3.8) is 0 Å². The molecule has 0 unspecified atom stereocenters. The van der Waals surface area contributed by atoms with Crippen LogP contribution < -0.4 is 9.47 Å². The minimum Gasteiger partial charge on any atom is -0.493 e. The Morgan fingerprint density at radius 1 is 0.515 bits per heavy atom. The van der Waals surface area contributed by atoms with Crippen LogP contribution in [0, 0.1) is 93.5 Å². The van der Waals surface area contributed by atoms with Gasteiger partial charge in [-0.25, -0.2) is 8.78 Å². The molecule has 0 aromatic heterocycles. The summed E-state index contributed by atoms with van der Waals surface area (Å²) in [6, 6.07) is 6.25. The number of carboxylic acid groups (broad SMARTS) is 2. The third-order valence-corrected chi connectivity index (χ3v) is 19.4. The van der Waals surface area contributed by atoms with Gasteiger partial charge >= 0.3 is 11.9 Å². The summed E-state index contributed by atoms with van der Waals surface area (Å²) >= 11 is 0. The molecule has 12 aliphatic rings. The lowest BCUT2D eigenvalue weighted by atomic mass is 9.50. The second-order valence-electron chi connectivity index (χ2n) is 24.5. The summed E-state index contributed by atoms with van der Waals surface area (Å²) in [5, 5.41) is 19.3. The minimum atomic E-state index is -0.947. The van der Waals surface area contributed by atoms with E-state index in [1.165, 1.54) is 89.2 Å². The summed E-state index contributed by atoms with van der Waals surface area (Å²) in [5.74, 6) is 0.333. The molecule has 14 rings (SSSR count). The van der Waals surface area contributed by atoms with Gasteiger partial charge in [-0.1, -0.05) is 13.8 Å². The summed E-state index contributed by atoms with van der Waals surface area (Å²) < 4.78 is 43.4. The summed E-state index contributed by atoms with van der Waals surface area (Å²) in [6.07, 6.45) is 22.3. The summed E-state index contributed by atoms with van der Waals surface area (Å²) in [7, 11) is 0. The maximum atomic E-state index is 15.3. The molecule has 66 heavy (non-hydrogen) atoms. The molecule has 0 heterocycles. The molecule has 12 aliphatic carbocycles. The second kappa shape index (κ2) is 17.0. The summed E-state index contributed by atoms with van der Waals surface area (Å²) in [5.41, 5.74) is 2.50. The van der Waals surface area contributed by atoms with Crippen molar-refractivity contribution >= 4 is 23.5 Å². The number of rotatable bonds is 14. The topological polar surface area (TPSA) is 127 Å². The average Bonchev–Trinajstić information content (AvgIpc) is 4.20. The Balaban J connectivity index is 0.000000146. The van der Waals surface area contributed by atoms with Crippen LogP contribution in [0.3, 0.4) is 0 Å². The smallest absolute Gasteiger partial charge is 0.307 e. The van der Waals surface area contributed by atoms with Gasteiger partial charge in [0.25, 0.3) is 0 Å². The maximum absolute atomic E-state index is 15.3. The number of aliphatic carboxylic acids is 2. The Bertz CT molecular complexity index is 2050. The van der Waals surface area contributed by atoms with Crippen LogP contribution in [0.15, 0.2) is 24.3 Å². The highest BCUT2D eigenvalue weighted by molar-refractivity contribution is 6.01. The highest BCUT2D eigenvalue weighted by Crippen LogP contribution is 2.62. The zero-order chi connectivity index (χ0) is 45.8. The van der Waals surface area contributed by atoms with Gasteiger partial charge in [0.2, 0.25) is 0 Å². The molecule has 6 atom stereocenters. The first-order valence-electron chi connectivity index (χ1n) is 26.1. The van der Waals surface area contributed by atoms with Crippen molar-refractivity contribution in [2.45, 2.75) is 154 Å². The number of halogens is 2. The number of carbonyl (C=O) groups is 4. The second-order valence-corrected chi connectivity index (χ2v) is 24.5. The normalized spacial score (nSPS) is 39.1. The van der Waals surface area contributed by atoms with Crippen molar-refractivity contribution in [1.29, 1.82) is 0 Å². The van der Waals surface area contributed by atoms with Gasteiger partial charge in [-0.3, -0.25) is 19.2 Å². The number of ketones is 2. The lowest BCUT2D eigenvalue weighted by Gasteiger charge is -2.56. The molecular weight excluding hydrogens is 839 g/mol. The van der Waals surface area contributed by atoms with Gasteiger partial charge in [0.05, 0.1) is 36.2 Å². The number of carbonyl (C=O) groups excluding carboxylic acids is 2. The van der Waals surface area contributed by atoms with Crippen LogP contribution in [-0.2, 0) is 9.59 Å². The van der Waals surface area contributed by atoms with Gasteiger partial charge in [0.15, 0.2) is 11.6 Å². The molecule has 10 heteroatoms. The number of hydrogen-bond acceptors (Lipinski definition) is 6. The molecular formula is C56H70F2O8. The SMILES string of the molecule is C[C@@H]1CC[C@H](C(=O)c2cc(C3CC3)c(OCC34CC5CC(CC(C5)C3)C4)cc2F)[C@H]1C(=O)O.C[C@H]1CC[C@@H](C(=O)c2cc(C3CC3)c(OCC34CC5CC(CC(C5)C3)C4)cc2F)[C@@H]1C(=O)O. The average molecular weight is 909 g/mol. The van der Waals surface area contributed by atoms with Gasteiger partial charge in [-0.2, -0.15) is 0 Å². The molecule has 8 nitrogen and oxygen atoms in total. The number of benzene rings is 2. The van der Waals surface area contributed by atoms with Crippen molar-refractivity contribution in [2.24, 2.45) is 81.8 Å². The lowest BCUT2D eigenvalue weighted by Crippen LogP contribution is -2.48. The van der Waals surface area contributed by atoms with Crippen LogP contribution in [0.4, 0.5) is 8.78 Å². The molecule has 0 amide bonds. The quantitative estimate of drug-likeness (QED) is 0.179. The first-order valence-corrected chi connectivity index (χ1v) is 26.1. The first-order chi connectivity index (χ1) is 31.6. The van der Waals surface area contributed by atoms with E-state index < -0.39 is 47.2 Å². The van der Waals surface area contributed by atoms with Crippen molar-refractivity contribution in [3.05, 3.63) is 58.2 Å². The third-order valence-electron chi connectivity index (χ3n) is 19.4. The summed E-state index contributed by atoms with van der Waals surface area (Å²) in [6.45, 7) is 5.06. The van der Waals surface area contributed by atoms with Crippen LogP contribution in [0.5, 0.6) is 11.5 Å². The number of carboxylic acids is 2. The fraction of sp³-hybridized carbons (Fsp3) is 0.714. The van der Waals surface area contributed by atoms with Crippen molar-refractivity contribution in [3.8, 4) is 11.5 Å².